The lowest BCUT2D eigenvalue weighted by molar-refractivity contribution is 0.638. The topological polar surface area (TPSA) is 29.9 Å². The molecule has 1 aromatic heterocycles. The van der Waals surface area contributed by atoms with Gasteiger partial charge >= 0.3 is 0 Å². The lowest BCUT2D eigenvalue weighted by atomic mass is 10.3. The van der Waals surface area contributed by atoms with Gasteiger partial charge in [0.25, 0.3) is 0 Å². The summed E-state index contributed by atoms with van der Waals surface area (Å²) in [7, 11) is 0. The van der Waals surface area contributed by atoms with Gasteiger partial charge in [0.2, 0.25) is 0 Å². The summed E-state index contributed by atoms with van der Waals surface area (Å²) in [5.74, 6) is 0. The van der Waals surface area contributed by atoms with Gasteiger partial charge in [0.15, 0.2) is 0 Å². The van der Waals surface area contributed by atoms with Crippen molar-refractivity contribution >= 4 is 33.2 Å². The number of hydrogen-bond acceptors (Lipinski definition) is 2. The number of hydrogen-bond donors (Lipinski definition) is 1. The van der Waals surface area contributed by atoms with E-state index in [2.05, 4.69) is 26.3 Å². The smallest absolute Gasteiger partial charge is 0.0582 e. The monoisotopic (exact) mass is 299 g/mol. The number of nitrogens with zero attached hydrogens (tertiary/aromatic N) is 2. The Balaban J connectivity index is 1.90. The van der Waals surface area contributed by atoms with Gasteiger partial charge in [0.1, 0.15) is 0 Å². The summed E-state index contributed by atoms with van der Waals surface area (Å²) >= 11 is 9.32. The molecule has 0 bridgehead atoms. The van der Waals surface area contributed by atoms with Gasteiger partial charge in [-0.1, -0.05) is 11.6 Å². The zero-order valence-electron chi connectivity index (χ0n) is 8.53. The first kappa shape index (κ1) is 11.5. The van der Waals surface area contributed by atoms with Gasteiger partial charge in [-0.3, -0.25) is 4.68 Å². The molecule has 5 heteroatoms. The highest BCUT2D eigenvalue weighted by Gasteiger charge is 1.99. The van der Waals surface area contributed by atoms with Crippen LogP contribution in [0.1, 0.15) is 0 Å². The summed E-state index contributed by atoms with van der Waals surface area (Å²) in [4.78, 5) is 0. The Bertz CT molecular complexity index is 456. The Hall–Kier alpha value is -1.00. The molecule has 2 rings (SSSR count). The van der Waals surface area contributed by atoms with E-state index in [1.807, 2.05) is 35.1 Å². The van der Waals surface area contributed by atoms with E-state index in [9.17, 15) is 0 Å². The molecule has 0 saturated heterocycles. The average Bonchev–Trinajstić information content (AvgIpc) is 2.74. The Morgan fingerprint density at radius 1 is 1.44 bits per heavy atom. The lowest BCUT2D eigenvalue weighted by Crippen LogP contribution is -2.10. The number of halogens is 2. The molecule has 0 spiro atoms. The van der Waals surface area contributed by atoms with E-state index in [0.29, 0.717) is 0 Å². The van der Waals surface area contributed by atoms with Gasteiger partial charge in [-0.25, -0.2) is 0 Å². The van der Waals surface area contributed by atoms with Crippen molar-refractivity contribution in [3.63, 3.8) is 0 Å². The van der Waals surface area contributed by atoms with Gasteiger partial charge in [0.05, 0.1) is 6.54 Å². The molecule has 0 aliphatic rings. The van der Waals surface area contributed by atoms with Crippen LogP contribution in [0.5, 0.6) is 0 Å². The Morgan fingerprint density at radius 3 is 3.00 bits per heavy atom. The molecule has 0 fully saturated rings. The summed E-state index contributed by atoms with van der Waals surface area (Å²) < 4.78 is 2.86. The Labute approximate surface area is 108 Å². The average molecular weight is 301 g/mol. The fourth-order valence-electron chi connectivity index (χ4n) is 1.37. The van der Waals surface area contributed by atoms with Gasteiger partial charge in [-0.2, -0.15) is 5.10 Å². The Kier molecular flexibility index (Phi) is 3.85. The second-order valence-electron chi connectivity index (χ2n) is 3.32. The largest absolute Gasteiger partial charge is 0.382 e. The first-order valence-electron chi connectivity index (χ1n) is 4.92. The predicted molar refractivity (Wildman–Crippen MR) is 69.9 cm³/mol. The predicted octanol–water partition coefficient (Wildman–Crippen LogP) is 3.41. The minimum Gasteiger partial charge on any atom is -0.382 e. The van der Waals surface area contributed by atoms with Crippen LogP contribution in [0.4, 0.5) is 5.69 Å². The molecule has 84 valence electrons. The van der Waals surface area contributed by atoms with Crippen molar-refractivity contribution in [2.24, 2.45) is 0 Å². The van der Waals surface area contributed by atoms with Crippen LogP contribution >= 0.6 is 27.5 Å². The second-order valence-corrected chi connectivity index (χ2v) is 4.61. The molecule has 3 nitrogen and oxygen atoms in total. The number of benzene rings is 1. The molecule has 0 saturated carbocycles. The van der Waals surface area contributed by atoms with E-state index >= 15 is 0 Å². The van der Waals surface area contributed by atoms with Crippen molar-refractivity contribution in [1.82, 2.24) is 9.78 Å². The van der Waals surface area contributed by atoms with Crippen LogP contribution in [0, 0.1) is 0 Å². The Morgan fingerprint density at radius 2 is 2.31 bits per heavy atom. The SMILES string of the molecule is Clc1ccc(NCCn2cccn2)c(Br)c1. The summed E-state index contributed by atoms with van der Waals surface area (Å²) in [5, 5.41) is 8.17. The highest BCUT2D eigenvalue weighted by molar-refractivity contribution is 9.10. The van der Waals surface area contributed by atoms with E-state index in [-0.39, 0.29) is 0 Å². The third kappa shape index (κ3) is 3.00. The second kappa shape index (κ2) is 5.37. The molecule has 0 unspecified atom stereocenters. The quantitative estimate of drug-likeness (QED) is 0.938. The molecule has 2 aromatic rings. The molecular formula is C11H11BrClN3. The van der Waals surface area contributed by atoms with E-state index < -0.39 is 0 Å². The molecular weight excluding hydrogens is 289 g/mol. The summed E-state index contributed by atoms with van der Waals surface area (Å²) in [6.45, 7) is 1.66. The number of aromatic nitrogens is 2. The standard InChI is InChI=1S/C11H11BrClN3/c12-10-8-9(13)2-3-11(10)14-5-7-16-6-1-4-15-16/h1-4,6,8,14H,5,7H2. The molecule has 1 heterocycles. The maximum atomic E-state index is 5.86. The van der Waals surface area contributed by atoms with Crippen LogP contribution in [-0.2, 0) is 6.54 Å². The van der Waals surface area contributed by atoms with Crippen molar-refractivity contribution < 1.29 is 0 Å². The van der Waals surface area contributed by atoms with Crippen LogP contribution in [0.25, 0.3) is 0 Å². The number of rotatable bonds is 4. The molecule has 0 aliphatic carbocycles. The molecule has 0 aliphatic heterocycles. The van der Waals surface area contributed by atoms with Gasteiger partial charge < -0.3 is 5.32 Å². The molecule has 16 heavy (non-hydrogen) atoms. The van der Waals surface area contributed by atoms with Crippen molar-refractivity contribution in [1.29, 1.82) is 0 Å². The fraction of sp³-hybridized carbons (Fsp3) is 0.182. The maximum Gasteiger partial charge on any atom is 0.0582 e. The van der Waals surface area contributed by atoms with Crippen molar-refractivity contribution in [3.05, 3.63) is 46.2 Å². The highest BCUT2D eigenvalue weighted by atomic mass is 79.9. The fourth-order valence-corrected chi connectivity index (χ4v) is 2.19. The third-order valence-corrected chi connectivity index (χ3v) is 3.04. The van der Waals surface area contributed by atoms with E-state index in [1.54, 1.807) is 6.20 Å². The van der Waals surface area contributed by atoms with E-state index in [1.165, 1.54) is 0 Å². The van der Waals surface area contributed by atoms with Gasteiger partial charge in [-0.15, -0.1) is 0 Å². The van der Waals surface area contributed by atoms with Crippen molar-refractivity contribution in [2.45, 2.75) is 6.54 Å². The van der Waals surface area contributed by atoms with Gasteiger partial charge in [-0.05, 0) is 40.2 Å². The zero-order valence-corrected chi connectivity index (χ0v) is 10.9. The van der Waals surface area contributed by atoms with Crippen LogP contribution in [-0.4, -0.2) is 16.3 Å². The van der Waals surface area contributed by atoms with Crippen molar-refractivity contribution in [2.75, 3.05) is 11.9 Å². The lowest BCUT2D eigenvalue weighted by Gasteiger charge is -2.08. The van der Waals surface area contributed by atoms with Crippen molar-refractivity contribution in [3.8, 4) is 0 Å². The minimum absolute atomic E-state index is 0.726. The van der Waals surface area contributed by atoms with Crippen LogP contribution < -0.4 is 5.32 Å². The molecule has 0 amide bonds. The van der Waals surface area contributed by atoms with Crippen LogP contribution in [0.15, 0.2) is 41.1 Å². The van der Waals surface area contributed by atoms with Crippen LogP contribution in [0.3, 0.4) is 0 Å². The molecule has 0 atom stereocenters. The number of anilines is 1. The number of nitrogens with one attached hydrogen (secondary N) is 1. The first-order chi connectivity index (χ1) is 7.75. The highest BCUT2D eigenvalue weighted by Crippen LogP contribution is 2.25. The molecule has 1 N–H and O–H groups in total. The zero-order chi connectivity index (χ0) is 11.4. The van der Waals surface area contributed by atoms with E-state index in [4.69, 9.17) is 11.6 Å². The third-order valence-electron chi connectivity index (χ3n) is 2.15. The maximum absolute atomic E-state index is 5.86. The summed E-state index contributed by atoms with van der Waals surface area (Å²) in [6, 6.07) is 7.61. The molecule has 1 aromatic carbocycles. The van der Waals surface area contributed by atoms with E-state index in [0.717, 1.165) is 28.3 Å². The first-order valence-corrected chi connectivity index (χ1v) is 6.09. The normalized spacial score (nSPS) is 10.4. The molecule has 0 radical (unpaired) electrons. The van der Waals surface area contributed by atoms with Crippen LogP contribution in [0.2, 0.25) is 5.02 Å². The summed E-state index contributed by atoms with van der Waals surface area (Å²) in [5.41, 5.74) is 1.04. The summed E-state index contributed by atoms with van der Waals surface area (Å²) in [6.07, 6.45) is 3.72. The minimum atomic E-state index is 0.726. The van der Waals surface area contributed by atoms with Gasteiger partial charge in [0, 0.05) is 34.1 Å².